The summed E-state index contributed by atoms with van der Waals surface area (Å²) in [5, 5.41) is 1.84. The first-order chi connectivity index (χ1) is 7.34. The van der Waals surface area contributed by atoms with Crippen LogP contribution in [0, 0.1) is 0 Å². The van der Waals surface area contributed by atoms with Crippen LogP contribution in [-0.4, -0.2) is 21.2 Å². The van der Waals surface area contributed by atoms with Gasteiger partial charge < -0.3 is 0 Å². The summed E-state index contributed by atoms with van der Waals surface area (Å²) in [7, 11) is 0. The van der Waals surface area contributed by atoms with Crippen molar-refractivity contribution >= 4 is 34.2 Å². The molecule has 2 nitrogen and oxygen atoms in total. The molecule has 0 atom stereocenters. The molecule has 0 unspecified atom stereocenters. The van der Waals surface area contributed by atoms with E-state index in [1.54, 1.807) is 11.8 Å². The van der Waals surface area contributed by atoms with Crippen LogP contribution >= 0.6 is 23.4 Å². The molecular weight excluding hydrogens is 228 g/mol. The SMILES string of the molecule is Clc1ccc(C2=[N+]3C=CN=C3SC2)cc1. The van der Waals surface area contributed by atoms with Crippen molar-refractivity contribution in [1.82, 2.24) is 0 Å². The lowest BCUT2D eigenvalue weighted by Crippen LogP contribution is -2.13. The maximum Gasteiger partial charge on any atom is 0.364 e. The molecule has 0 bridgehead atoms. The van der Waals surface area contributed by atoms with E-state index in [1.807, 2.05) is 36.7 Å². The molecule has 0 radical (unpaired) electrons. The predicted molar refractivity (Wildman–Crippen MR) is 64.9 cm³/mol. The van der Waals surface area contributed by atoms with Gasteiger partial charge in [0.15, 0.2) is 6.20 Å². The largest absolute Gasteiger partial charge is 0.364 e. The first-order valence-electron chi connectivity index (χ1n) is 4.63. The lowest BCUT2D eigenvalue weighted by atomic mass is 10.1. The number of halogens is 1. The van der Waals surface area contributed by atoms with Gasteiger partial charge in [-0.3, -0.25) is 0 Å². The van der Waals surface area contributed by atoms with E-state index >= 15 is 0 Å². The van der Waals surface area contributed by atoms with E-state index in [2.05, 4.69) is 9.57 Å². The second kappa shape index (κ2) is 3.51. The van der Waals surface area contributed by atoms with E-state index in [9.17, 15) is 0 Å². The molecule has 0 saturated heterocycles. The van der Waals surface area contributed by atoms with Gasteiger partial charge in [0.25, 0.3) is 0 Å². The quantitative estimate of drug-likeness (QED) is 0.684. The minimum absolute atomic E-state index is 0.774. The van der Waals surface area contributed by atoms with Crippen molar-refractivity contribution in [3.63, 3.8) is 0 Å². The number of amidine groups is 1. The van der Waals surface area contributed by atoms with Crippen molar-refractivity contribution in [2.45, 2.75) is 0 Å². The van der Waals surface area contributed by atoms with Crippen molar-refractivity contribution < 1.29 is 4.58 Å². The van der Waals surface area contributed by atoms with E-state index in [0.717, 1.165) is 15.9 Å². The highest BCUT2D eigenvalue weighted by Crippen LogP contribution is 2.23. The fraction of sp³-hybridized carbons (Fsp3) is 0.0909. The van der Waals surface area contributed by atoms with Crippen LogP contribution in [0.5, 0.6) is 0 Å². The molecule has 3 rings (SSSR count). The molecule has 4 heteroatoms. The Labute approximate surface area is 97.0 Å². The Morgan fingerprint density at radius 1 is 1.27 bits per heavy atom. The normalized spacial score (nSPS) is 18.3. The van der Waals surface area contributed by atoms with Gasteiger partial charge in [-0.2, -0.15) is 4.58 Å². The summed E-state index contributed by atoms with van der Waals surface area (Å²) in [5.74, 6) is 0.977. The van der Waals surface area contributed by atoms with Gasteiger partial charge in [-0.25, -0.2) is 0 Å². The number of rotatable bonds is 1. The average Bonchev–Trinajstić information content (AvgIpc) is 2.80. The molecular formula is C11H8ClN2S+. The smallest absolute Gasteiger partial charge is 0.189 e. The highest BCUT2D eigenvalue weighted by atomic mass is 35.5. The molecule has 0 fully saturated rings. The number of hydrogen-bond acceptors (Lipinski definition) is 2. The molecule has 1 aromatic carbocycles. The molecule has 74 valence electrons. The third kappa shape index (κ3) is 1.52. The molecule has 2 heterocycles. The number of hydrogen-bond donors (Lipinski definition) is 0. The van der Waals surface area contributed by atoms with E-state index in [-0.39, 0.29) is 0 Å². The van der Waals surface area contributed by atoms with Crippen molar-refractivity contribution in [3.8, 4) is 0 Å². The average molecular weight is 236 g/mol. The van der Waals surface area contributed by atoms with E-state index < -0.39 is 0 Å². The Bertz CT molecular complexity index is 500. The number of aliphatic imine (C=N–C) groups is 1. The Morgan fingerprint density at radius 2 is 2.07 bits per heavy atom. The Morgan fingerprint density at radius 3 is 2.87 bits per heavy atom. The number of nitrogens with zero attached hydrogens (tertiary/aromatic N) is 2. The summed E-state index contributed by atoms with van der Waals surface area (Å²) < 4.78 is 2.13. The maximum absolute atomic E-state index is 5.86. The topological polar surface area (TPSA) is 15.4 Å². The van der Waals surface area contributed by atoms with Crippen molar-refractivity contribution in [1.29, 1.82) is 0 Å². The second-order valence-electron chi connectivity index (χ2n) is 3.32. The van der Waals surface area contributed by atoms with E-state index in [1.165, 1.54) is 11.3 Å². The van der Waals surface area contributed by atoms with Crippen molar-refractivity contribution in [2.24, 2.45) is 4.99 Å². The van der Waals surface area contributed by atoms with Crippen LogP contribution in [-0.2, 0) is 0 Å². The maximum atomic E-state index is 5.86. The number of thioether (sulfide) groups is 1. The molecule has 0 saturated carbocycles. The fourth-order valence-corrected chi connectivity index (χ4v) is 2.81. The Kier molecular flexibility index (Phi) is 2.15. The van der Waals surface area contributed by atoms with E-state index in [4.69, 9.17) is 11.6 Å². The van der Waals surface area contributed by atoms with Gasteiger partial charge in [-0.1, -0.05) is 11.6 Å². The monoisotopic (exact) mass is 235 g/mol. The number of fused-ring (bicyclic) bond motifs is 1. The van der Waals surface area contributed by atoms with Crippen LogP contribution in [0.1, 0.15) is 5.56 Å². The van der Waals surface area contributed by atoms with Crippen LogP contribution in [0.15, 0.2) is 41.7 Å². The fourth-order valence-electron chi connectivity index (χ4n) is 1.67. The first kappa shape index (κ1) is 9.19. The van der Waals surface area contributed by atoms with Crippen molar-refractivity contribution in [3.05, 3.63) is 47.3 Å². The van der Waals surface area contributed by atoms with Gasteiger partial charge in [0.1, 0.15) is 11.9 Å². The molecule has 0 aliphatic carbocycles. The van der Waals surface area contributed by atoms with Gasteiger partial charge in [0.2, 0.25) is 0 Å². The lowest BCUT2D eigenvalue weighted by Gasteiger charge is -1.99. The van der Waals surface area contributed by atoms with Gasteiger partial charge in [0, 0.05) is 10.6 Å². The lowest BCUT2D eigenvalue weighted by molar-refractivity contribution is -0.310. The summed E-state index contributed by atoms with van der Waals surface area (Å²) >= 11 is 7.63. The zero-order chi connectivity index (χ0) is 10.3. The summed E-state index contributed by atoms with van der Waals surface area (Å²) in [6.45, 7) is 0. The summed E-state index contributed by atoms with van der Waals surface area (Å²) in [4.78, 5) is 4.27. The number of benzene rings is 1. The zero-order valence-corrected chi connectivity index (χ0v) is 9.42. The Balaban J connectivity index is 2.08. The Hall–Kier alpha value is -1.06. The molecule has 0 aromatic heterocycles. The summed E-state index contributed by atoms with van der Waals surface area (Å²) in [6.07, 6.45) is 3.83. The molecule has 1 aromatic rings. The molecule has 2 aliphatic heterocycles. The second-order valence-corrected chi connectivity index (χ2v) is 4.70. The molecule has 0 N–H and O–H groups in total. The highest BCUT2D eigenvalue weighted by Gasteiger charge is 2.31. The van der Waals surface area contributed by atoms with Crippen LogP contribution in [0.2, 0.25) is 5.02 Å². The molecule has 0 amide bonds. The highest BCUT2D eigenvalue weighted by molar-refractivity contribution is 8.14. The van der Waals surface area contributed by atoms with Crippen LogP contribution < -0.4 is 0 Å². The third-order valence-electron chi connectivity index (χ3n) is 2.41. The van der Waals surface area contributed by atoms with Gasteiger partial charge in [0.05, 0.1) is 5.75 Å². The van der Waals surface area contributed by atoms with Crippen LogP contribution in [0.4, 0.5) is 0 Å². The van der Waals surface area contributed by atoms with Crippen LogP contribution in [0.25, 0.3) is 0 Å². The molecule has 15 heavy (non-hydrogen) atoms. The van der Waals surface area contributed by atoms with Crippen LogP contribution in [0.3, 0.4) is 0 Å². The van der Waals surface area contributed by atoms with Gasteiger partial charge in [-0.05, 0) is 41.0 Å². The molecule has 2 aliphatic rings. The van der Waals surface area contributed by atoms with Gasteiger partial charge in [-0.15, -0.1) is 0 Å². The minimum atomic E-state index is 0.774. The standard InChI is InChI=1S/C11H8ClN2S/c12-9-3-1-8(2-4-9)10-7-15-11-13-5-6-14(10)11/h1-6H,7H2/q+1. The first-order valence-corrected chi connectivity index (χ1v) is 5.99. The predicted octanol–water partition coefficient (Wildman–Crippen LogP) is 2.73. The third-order valence-corrected chi connectivity index (χ3v) is 3.64. The van der Waals surface area contributed by atoms with Gasteiger partial charge >= 0.3 is 5.17 Å². The minimum Gasteiger partial charge on any atom is -0.189 e. The molecule has 0 spiro atoms. The zero-order valence-electron chi connectivity index (χ0n) is 7.85. The summed E-state index contributed by atoms with van der Waals surface area (Å²) in [6, 6.07) is 7.94. The van der Waals surface area contributed by atoms with E-state index in [0.29, 0.717) is 0 Å². The van der Waals surface area contributed by atoms with Crippen molar-refractivity contribution in [2.75, 3.05) is 5.75 Å². The summed E-state index contributed by atoms with van der Waals surface area (Å²) in [5.41, 5.74) is 2.49.